The summed E-state index contributed by atoms with van der Waals surface area (Å²) >= 11 is 5.99. The number of carbonyl (C=O) groups is 1. The molecule has 2 heterocycles. The van der Waals surface area contributed by atoms with E-state index < -0.39 is 0 Å². The van der Waals surface area contributed by atoms with E-state index >= 15 is 0 Å². The van der Waals surface area contributed by atoms with E-state index in [1.54, 1.807) is 24.3 Å². The number of halogens is 1. The lowest BCUT2D eigenvalue weighted by Crippen LogP contribution is -2.30. The van der Waals surface area contributed by atoms with E-state index in [9.17, 15) is 4.79 Å². The second-order valence-corrected chi connectivity index (χ2v) is 6.12. The molecule has 0 radical (unpaired) electrons. The fourth-order valence-corrected chi connectivity index (χ4v) is 3.00. The Morgan fingerprint density at radius 2 is 1.88 bits per heavy atom. The van der Waals surface area contributed by atoms with E-state index in [4.69, 9.17) is 16.3 Å². The maximum atomic E-state index is 13.2. The van der Waals surface area contributed by atoms with Gasteiger partial charge in [-0.25, -0.2) is 4.98 Å². The summed E-state index contributed by atoms with van der Waals surface area (Å²) in [5.41, 5.74) is 2.84. The van der Waals surface area contributed by atoms with Crippen molar-refractivity contribution in [3.8, 4) is 5.75 Å². The molecule has 6 nitrogen and oxygen atoms in total. The molecule has 0 atom stereocenters. The van der Waals surface area contributed by atoms with E-state index in [0.717, 1.165) is 11.3 Å². The van der Waals surface area contributed by atoms with Crippen LogP contribution in [0.2, 0.25) is 5.28 Å². The lowest BCUT2D eigenvalue weighted by atomic mass is 10.1. The number of methoxy groups -OCH3 is 1. The Balaban J connectivity index is 1.80. The monoisotopic (exact) mass is 366 g/mol. The number of carbonyl (C=O) groups excluding carboxylic acids is 1. The van der Waals surface area contributed by atoms with E-state index in [0.29, 0.717) is 29.3 Å². The lowest BCUT2D eigenvalue weighted by Gasteiger charge is -2.21. The number of nitrogens with zero attached hydrogens (tertiary/aromatic N) is 3. The van der Waals surface area contributed by atoms with Crippen LogP contribution in [0.1, 0.15) is 15.9 Å². The fraction of sp³-hybridized carbons (Fsp3) is 0.105. The first-order valence-corrected chi connectivity index (χ1v) is 8.37. The maximum Gasteiger partial charge on any atom is 0.261 e. The third-order valence-electron chi connectivity index (χ3n) is 4.17. The van der Waals surface area contributed by atoms with Crippen LogP contribution in [0.15, 0.2) is 54.7 Å². The number of benzene rings is 2. The number of hydrogen-bond acceptors (Lipinski definition) is 5. The number of aromatic nitrogens is 2. The van der Waals surface area contributed by atoms with Crippen LogP contribution in [0, 0.1) is 0 Å². The minimum absolute atomic E-state index is 0.0871. The molecule has 7 heteroatoms. The topological polar surface area (TPSA) is 67.3 Å². The van der Waals surface area contributed by atoms with Crippen LogP contribution < -0.4 is 15.0 Å². The third kappa shape index (κ3) is 2.95. The molecule has 0 aliphatic carbocycles. The third-order valence-corrected chi connectivity index (χ3v) is 4.35. The average Bonchev–Trinajstić information content (AvgIpc) is 2.78. The number of anilines is 3. The zero-order valence-corrected chi connectivity index (χ0v) is 14.7. The number of hydrogen-bond donors (Lipinski definition) is 1. The molecule has 1 N–H and O–H groups in total. The van der Waals surface area contributed by atoms with Crippen LogP contribution in [-0.4, -0.2) is 23.0 Å². The molecule has 3 aromatic rings. The highest BCUT2D eigenvalue weighted by molar-refractivity contribution is 6.28. The van der Waals surface area contributed by atoms with Gasteiger partial charge in [0.1, 0.15) is 11.4 Å². The standard InChI is InChI=1S/C19H15ClN4O2/c1-26-13-8-6-12(7-9-13)11-24-17-16(10-21-19(20)23-17)22-15-5-3-2-4-14(15)18(24)25/h2-10,22H,11H2,1H3. The quantitative estimate of drug-likeness (QED) is 0.708. The number of amides is 1. The molecule has 0 saturated carbocycles. The normalized spacial score (nSPS) is 12.7. The first kappa shape index (κ1) is 16.4. The molecule has 1 aliphatic heterocycles. The van der Waals surface area contributed by atoms with Crippen LogP contribution >= 0.6 is 11.6 Å². The van der Waals surface area contributed by atoms with Crippen LogP contribution in [0.5, 0.6) is 5.75 Å². The molecule has 0 bridgehead atoms. The average molecular weight is 367 g/mol. The minimum atomic E-state index is -0.155. The Labute approximate surface area is 155 Å². The molecule has 130 valence electrons. The number of rotatable bonds is 3. The molecule has 1 aliphatic rings. The van der Waals surface area contributed by atoms with Gasteiger partial charge < -0.3 is 10.1 Å². The van der Waals surface area contributed by atoms with Crippen LogP contribution in [-0.2, 0) is 6.54 Å². The summed E-state index contributed by atoms with van der Waals surface area (Å²) in [7, 11) is 1.62. The Hall–Kier alpha value is -3.12. The molecule has 0 unspecified atom stereocenters. The lowest BCUT2D eigenvalue weighted by molar-refractivity contribution is 0.0986. The minimum Gasteiger partial charge on any atom is -0.497 e. The number of ether oxygens (including phenoxy) is 1. The van der Waals surface area contributed by atoms with Gasteiger partial charge in [0.05, 0.1) is 31.1 Å². The molecule has 0 spiro atoms. The Morgan fingerprint density at radius 3 is 2.65 bits per heavy atom. The Kier molecular flexibility index (Phi) is 4.18. The smallest absolute Gasteiger partial charge is 0.261 e. The van der Waals surface area contributed by atoms with Crippen LogP contribution in [0.4, 0.5) is 17.2 Å². The SMILES string of the molecule is COc1ccc(CN2C(=O)c3ccccc3Nc3cnc(Cl)nc32)cc1. The molecule has 4 rings (SSSR count). The van der Waals surface area contributed by atoms with Gasteiger partial charge in [0, 0.05) is 0 Å². The van der Waals surface area contributed by atoms with Crippen molar-refractivity contribution in [3.63, 3.8) is 0 Å². The molecular formula is C19H15ClN4O2. The van der Waals surface area contributed by atoms with Gasteiger partial charge in [-0.05, 0) is 41.4 Å². The zero-order chi connectivity index (χ0) is 18.1. The summed E-state index contributed by atoms with van der Waals surface area (Å²) in [6.07, 6.45) is 1.58. The van der Waals surface area contributed by atoms with Crippen molar-refractivity contribution in [1.29, 1.82) is 0 Å². The molecule has 1 aromatic heterocycles. The first-order chi connectivity index (χ1) is 12.7. The van der Waals surface area contributed by atoms with E-state index in [1.807, 2.05) is 42.5 Å². The van der Waals surface area contributed by atoms with Crippen molar-refractivity contribution < 1.29 is 9.53 Å². The van der Waals surface area contributed by atoms with E-state index in [2.05, 4.69) is 15.3 Å². The van der Waals surface area contributed by atoms with Crippen LogP contribution in [0.25, 0.3) is 0 Å². The molecule has 0 fully saturated rings. The van der Waals surface area contributed by atoms with Crippen LogP contribution in [0.3, 0.4) is 0 Å². The van der Waals surface area contributed by atoms with Crippen molar-refractivity contribution in [3.05, 3.63) is 71.1 Å². The molecule has 1 amide bonds. The number of nitrogens with one attached hydrogen (secondary N) is 1. The Morgan fingerprint density at radius 1 is 1.12 bits per heavy atom. The summed E-state index contributed by atoms with van der Waals surface area (Å²) in [6.45, 7) is 0.346. The second kappa shape index (κ2) is 6.65. The van der Waals surface area contributed by atoms with E-state index in [-0.39, 0.29) is 11.2 Å². The van der Waals surface area contributed by atoms with Crippen molar-refractivity contribution in [1.82, 2.24) is 9.97 Å². The maximum absolute atomic E-state index is 13.2. The summed E-state index contributed by atoms with van der Waals surface area (Å²) in [4.78, 5) is 23.1. The van der Waals surface area contributed by atoms with Crippen molar-refractivity contribution in [2.24, 2.45) is 0 Å². The van der Waals surface area contributed by atoms with Gasteiger partial charge in [-0.2, -0.15) is 4.98 Å². The summed E-state index contributed by atoms with van der Waals surface area (Å²) in [5.74, 6) is 1.05. The van der Waals surface area contributed by atoms with Gasteiger partial charge in [-0.3, -0.25) is 9.69 Å². The van der Waals surface area contributed by atoms with Crippen molar-refractivity contribution in [2.45, 2.75) is 6.54 Å². The molecule has 26 heavy (non-hydrogen) atoms. The molecule has 0 saturated heterocycles. The second-order valence-electron chi connectivity index (χ2n) is 5.79. The van der Waals surface area contributed by atoms with E-state index in [1.165, 1.54) is 0 Å². The Bertz CT molecular complexity index is 976. The summed E-state index contributed by atoms with van der Waals surface area (Å²) in [6, 6.07) is 14.9. The van der Waals surface area contributed by atoms with Gasteiger partial charge in [0.2, 0.25) is 5.28 Å². The molecule has 2 aromatic carbocycles. The largest absolute Gasteiger partial charge is 0.497 e. The van der Waals surface area contributed by atoms with Gasteiger partial charge >= 0.3 is 0 Å². The number of para-hydroxylation sites is 1. The number of fused-ring (bicyclic) bond motifs is 2. The summed E-state index contributed by atoms with van der Waals surface area (Å²) in [5, 5.41) is 3.32. The van der Waals surface area contributed by atoms with Gasteiger partial charge in [-0.15, -0.1) is 0 Å². The highest BCUT2D eigenvalue weighted by Crippen LogP contribution is 2.35. The first-order valence-electron chi connectivity index (χ1n) is 7.99. The van der Waals surface area contributed by atoms with Gasteiger partial charge in [0.15, 0.2) is 5.82 Å². The summed E-state index contributed by atoms with van der Waals surface area (Å²) < 4.78 is 5.19. The van der Waals surface area contributed by atoms with Crippen molar-refractivity contribution in [2.75, 3.05) is 17.3 Å². The highest BCUT2D eigenvalue weighted by Gasteiger charge is 2.28. The van der Waals surface area contributed by atoms with Crippen molar-refractivity contribution >= 4 is 34.7 Å². The zero-order valence-electron chi connectivity index (χ0n) is 13.9. The van der Waals surface area contributed by atoms with Gasteiger partial charge in [-0.1, -0.05) is 24.3 Å². The fourth-order valence-electron chi connectivity index (χ4n) is 2.87. The molecular weight excluding hydrogens is 352 g/mol. The van der Waals surface area contributed by atoms with Gasteiger partial charge in [0.25, 0.3) is 5.91 Å². The highest BCUT2D eigenvalue weighted by atomic mass is 35.5. The predicted molar refractivity (Wildman–Crippen MR) is 100 cm³/mol. The predicted octanol–water partition coefficient (Wildman–Crippen LogP) is 4.04.